The molecule has 0 aliphatic rings. The number of nitrogens with zero attached hydrogens (tertiary/aromatic N) is 3. The summed E-state index contributed by atoms with van der Waals surface area (Å²) in [5.41, 5.74) is 3.22. The van der Waals surface area contributed by atoms with Gasteiger partial charge in [-0.3, -0.25) is 4.79 Å². The molecule has 0 aliphatic heterocycles. The highest BCUT2D eigenvalue weighted by molar-refractivity contribution is 6.08. The SMILES string of the molecule is COc1ccc(-c2cc(C(F)F)n3ncc(C(=O)Nc4c(C)cccc4C)c3n2)cc1. The molecule has 1 amide bonds. The maximum absolute atomic E-state index is 13.8. The maximum Gasteiger partial charge on any atom is 0.280 e. The number of carbonyl (C=O) groups excluding carboxylic acids is 1. The number of rotatable bonds is 5. The van der Waals surface area contributed by atoms with Crippen molar-refractivity contribution in [1.29, 1.82) is 0 Å². The second-order valence-corrected chi connectivity index (χ2v) is 7.11. The average molecular weight is 422 g/mol. The molecule has 0 saturated carbocycles. The van der Waals surface area contributed by atoms with E-state index in [-0.39, 0.29) is 16.9 Å². The lowest BCUT2D eigenvalue weighted by Gasteiger charge is -2.11. The lowest BCUT2D eigenvalue weighted by Crippen LogP contribution is -2.14. The van der Waals surface area contributed by atoms with Gasteiger partial charge in [0.1, 0.15) is 17.0 Å². The molecule has 0 aliphatic carbocycles. The Morgan fingerprint density at radius 2 is 1.77 bits per heavy atom. The third-order valence-electron chi connectivity index (χ3n) is 5.07. The maximum atomic E-state index is 13.8. The van der Waals surface area contributed by atoms with E-state index < -0.39 is 12.3 Å². The van der Waals surface area contributed by atoms with Crippen LogP contribution in [0.25, 0.3) is 16.9 Å². The van der Waals surface area contributed by atoms with E-state index in [0.717, 1.165) is 15.6 Å². The van der Waals surface area contributed by atoms with Crippen LogP contribution in [0.3, 0.4) is 0 Å². The van der Waals surface area contributed by atoms with Gasteiger partial charge in [-0.1, -0.05) is 18.2 Å². The minimum Gasteiger partial charge on any atom is -0.497 e. The summed E-state index contributed by atoms with van der Waals surface area (Å²) in [7, 11) is 1.54. The highest BCUT2D eigenvalue weighted by Crippen LogP contribution is 2.28. The fourth-order valence-corrected chi connectivity index (χ4v) is 3.40. The molecular formula is C23H20F2N4O2. The van der Waals surface area contributed by atoms with Gasteiger partial charge in [-0.2, -0.15) is 5.10 Å². The first kappa shape index (κ1) is 20.5. The molecule has 31 heavy (non-hydrogen) atoms. The molecule has 4 rings (SSSR count). The summed E-state index contributed by atoms with van der Waals surface area (Å²) in [5, 5.41) is 6.86. The van der Waals surface area contributed by atoms with Gasteiger partial charge in [0.05, 0.1) is 19.0 Å². The van der Waals surface area contributed by atoms with Gasteiger partial charge in [0.25, 0.3) is 12.3 Å². The van der Waals surface area contributed by atoms with E-state index in [1.165, 1.54) is 12.3 Å². The molecule has 2 aromatic carbocycles. The van der Waals surface area contributed by atoms with Crippen molar-refractivity contribution in [2.45, 2.75) is 20.3 Å². The molecule has 158 valence electrons. The number of para-hydroxylation sites is 1. The molecule has 1 N–H and O–H groups in total. The molecule has 2 aromatic heterocycles. The quantitative estimate of drug-likeness (QED) is 0.479. The number of amides is 1. The molecular weight excluding hydrogens is 402 g/mol. The lowest BCUT2D eigenvalue weighted by molar-refractivity contribution is 0.102. The van der Waals surface area contributed by atoms with Gasteiger partial charge in [-0.15, -0.1) is 0 Å². The molecule has 8 heteroatoms. The Morgan fingerprint density at radius 3 is 2.39 bits per heavy atom. The van der Waals surface area contributed by atoms with Crippen LogP contribution in [0.4, 0.5) is 14.5 Å². The molecule has 4 aromatic rings. The average Bonchev–Trinajstić information content (AvgIpc) is 3.19. The Kier molecular flexibility index (Phi) is 5.37. The minimum atomic E-state index is -2.79. The standard InChI is InChI=1S/C23H20F2N4O2/c1-13-5-4-6-14(2)20(13)28-23(30)17-12-26-29-19(21(24)25)11-18(27-22(17)29)15-7-9-16(31-3)10-8-15/h4-12,21H,1-3H3,(H,28,30). The minimum absolute atomic E-state index is 0.0624. The van der Waals surface area contributed by atoms with Crippen LogP contribution < -0.4 is 10.1 Å². The lowest BCUT2D eigenvalue weighted by atomic mass is 10.1. The van der Waals surface area contributed by atoms with Crippen LogP contribution in [0.15, 0.2) is 54.7 Å². The number of alkyl halides is 2. The summed E-state index contributed by atoms with van der Waals surface area (Å²) in [4.78, 5) is 17.5. The monoisotopic (exact) mass is 422 g/mol. The number of methoxy groups -OCH3 is 1. The van der Waals surface area contributed by atoms with E-state index in [1.54, 1.807) is 31.4 Å². The topological polar surface area (TPSA) is 68.5 Å². The van der Waals surface area contributed by atoms with Crippen molar-refractivity contribution in [3.05, 3.63) is 77.1 Å². The number of aromatic nitrogens is 3. The summed E-state index contributed by atoms with van der Waals surface area (Å²) in [5.74, 6) is 0.170. The first-order valence-electron chi connectivity index (χ1n) is 9.58. The van der Waals surface area contributed by atoms with Gasteiger partial charge < -0.3 is 10.1 Å². The van der Waals surface area contributed by atoms with Crippen LogP contribution in [0.1, 0.15) is 33.6 Å². The van der Waals surface area contributed by atoms with Gasteiger partial charge >= 0.3 is 0 Å². The van der Waals surface area contributed by atoms with E-state index in [0.29, 0.717) is 22.7 Å². The normalized spacial score (nSPS) is 11.2. The number of benzene rings is 2. The Balaban J connectivity index is 1.81. The van der Waals surface area contributed by atoms with Gasteiger partial charge in [0, 0.05) is 11.3 Å². The summed E-state index contributed by atoms with van der Waals surface area (Å²) >= 11 is 0. The Hall–Kier alpha value is -3.81. The van der Waals surface area contributed by atoms with Crippen LogP contribution in [-0.2, 0) is 0 Å². The number of hydrogen-bond donors (Lipinski definition) is 1. The number of carbonyl (C=O) groups is 1. The van der Waals surface area contributed by atoms with Crippen LogP contribution in [0, 0.1) is 13.8 Å². The van der Waals surface area contributed by atoms with E-state index in [2.05, 4.69) is 15.4 Å². The molecule has 0 saturated heterocycles. The van der Waals surface area contributed by atoms with Gasteiger partial charge in [0.2, 0.25) is 0 Å². The molecule has 0 unspecified atom stereocenters. The fraction of sp³-hybridized carbons (Fsp3) is 0.174. The number of anilines is 1. The zero-order valence-corrected chi connectivity index (χ0v) is 17.2. The van der Waals surface area contributed by atoms with Crippen LogP contribution in [-0.4, -0.2) is 27.6 Å². The van der Waals surface area contributed by atoms with Crippen LogP contribution in [0.5, 0.6) is 5.75 Å². The van der Waals surface area contributed by atoms with Crippen molar-refractivity contribution in [3.8, 4) is 17.0 Å². The molecule has 0 radical (unpaired) electrons. The third kappa shape index (κ3) is 3.84. The van der Waals surface area contributed by atoms with Crippen molar-refractivity contribution in [1.82, 2.24) is 14.6 Å². The number of ether oxygens (including phenoxy) is 1. The molecule has 0 spiro atoms. The van der Waals surface area contributed by atoms with Crippen molar-refractivity contribution >= 4 is 17.2 Å². The summed E-state index contributed by atoms with van der Waals surface area (Å²) in [6.45, 7) is 3.77. The summed E-state index contributed by atoms with van der Waals surface area (Å²) in [6, 6.07) is 13.8. The zero-order chi connectivity index (χ0) is 22.1. The van der Waals surface area contributed by atoms with Crippen LogP contribution >= 0.6 is 0 Å². The largest absolute Gasteiger partial charge is 0.497 e. The number of halogens is 2. The van der Waals surface area contributed by atoms with E-state index in [4.69, 9.17) is 4.74 Å². The van der Waals surface area contributed by atoms with E-state index in [9.17, 15) is 13.6 Å². The highest BCUT2D eigenvalue weighted by Gasteiger charge is 2.22. The van der Waals surface area contributed by atoms with Crippen molar-refractivity contribution < 1.29 is 18.3 Å². The first-order valence-corrected chi connectivity index (χ1v) is 9.58. The second-order valence-electron chi connectivity index (χ2n) is 7.11. The van der Waals surface area contributed by atoms with Crippen molar-refractivity contribution in [2.75, 3.05) is 12.4 Å². The molecule has 0 fully saturated rings. The fourth-order valence-electron chi connectivity index (χ4n) is 3.40. The van der Waals surface area contributed by atoms with E-state index in [1.807, 2.05) is 32.0 Å². The summed E-state index contributed by atoms with van der Waals surface area (Å²) < 4.78 is 33.7. The van der Waals surface area contributed by atoms with Gasteiger partial charge in [0.15, 0.2) is 5.65 Å². The molecule has 6 nitrogen and oxygen atoms in total. The predicted molar refractivity (Wildman–Crippen MR) is 114 cm³/mol. The van der Waals surface area contributed by atoms with Crippen LogP contribution in [0.2, 0.25) is 0 Å². The number of aryl methyl sites for hydroxylation is 2. The predicted octanol–water partition coefficient (Wildman–Crippen LogP) is 5.21. The Labute approximate surface area is 177 Å². The number of fused-ring (bicyclic) bond motifs is 1. The van der Waals surface area contributed by atoms with Gasteiger partial charge in [-0.25, -0.2) is 18.3 Å². The van der Waals surface area contributed by atoms with Crippen molar-refractivity contribution in [3.63, 3.8) is 0 Å². The van der Waals surface area contributed by atoms with Crippen molar-refractivity contribution in [2.24, 2.45) is 0 Å². The first-order chi connectivity index (χ1) is 14.9. The second kappa shape index (κ2) is 8.14. The molecule has 2 heterocycles. The molecule has 0 atom stereocenters. The summed E-state index contributed by atoms with van der Waals surface area (Å²) in [6.07, 6.45) is -1.54. The zero-order valence-electron chi connectivity index (χ0n) is 17.2. The Bertz CT molecular complexity index is 1250. The van der Waals surface area contributed by atoms with Gasteiger partial charge in [-0.05, 0) is 55.3 Å². The third-order valence-corrected chi connectivity index (χ3v) is 5.07. The molecule has 0 bridgehead atoms. The number of nitrogens with one attached hydrogen (secondary N) is 1. The number of hydrogen-bond acceptors (Lipinski definition) is 4. The highest BCUT2D eigenvalue weighted by atomic mass is 19.3. The smallest absolute Gasteiger partial charge is 0.280 e. The Morgan fingerprint density at radius 1 is 1.10 bits per heavy atom. The van der Waals surface area contributed by atoms with E-state index >= 15 is 0 Å².